The van der Waals surface area contributed by atoms with Gasteiger partial charge in [-0.05, 0) is 13.0 Å². The number of aromatic nitrogens is 2. The highest BCUT2D eigenvalue weighted by molar-refractivity contribution is 5.76. The lowest BCUT2D eigenvalue weighted by Crippen LogP contribution is -2.34. The van der Waals surface area contributed by atoms with Gasteiger partial charge in [-0.25, -0.2) is 0 Å². The summed E-state index contributed by atoms with van der Waals surface area (Å²) in [5.41, 5.74) is 0. The van der Waals surface area contributed by atoms with Crippen molar-refractivity contribution in [2.24, 2.45) is 0 Å². The monoisotopic (exact) mass is 178 g/mol. The summed E-state index contributed by atoms with van der Waals surface area (Å²) in [5, 5.41) is 14.8. The normalized spacial score (nSPS) is 11.7. The summed E-state index contributed by atoms with van der Waals surface area (Å²) in [6, 6.07) is 3.20. The smallest absolute Gasteiger partial charge is 0.242 e. The van der Waals surface area contributed by atoms with Crippen LogP contribution >= 0.6 is 0 Å². The third kappa shape index (κ3) is 2.95. The van der Waals surface area contributed by atoms with E-state index < -0.39 is 6.04 Å². The maximum absolute atomic E-state index is 11.2. The molecule has 1 N–H and O–H groups in total. The van der Waals surface area contributed by atoms with Crippen LogP contribution in [0.3, 0.4) is 0 Å². The van der Waals surface area contributed by atoms with Crippen LogP contribution in [0.25, 0.3) is 0 Å². The minimum Gasteiger partial charge on any atom is -0.339 e. The van der Waals surface area contributed by atoms with E-state index in [-0.39, 0.29) is 12.5 Å². The molecule has 1 rings (SSSR count). The van der Waals surface area contributed by atoms with Crippen LogP contribution in [0, 0.1) is 11.3 Å². The summed E-state index contributed by atoms with van der Waals surface area (Å²) in [6.45, 7) is 1.78. The minimum absolute atomic E-state index is 0.152. The van der Waals surface area contributed by atoms with E-state index in [0.717, 1.165) is 0 Å². The predicted octanol–water partition coefficient (Wildman–Crippen LogP) is -0.0886. The Kier molecular flexibility index (Phi) is 3.03. The summed E-state index contributed by atoms with van der Waals surface area (Å²) >= 11 is 0. The Labute approximate surface area is 76.0 Å². The van der Waals surface area contributed by atoms with E-state index in [2.05, 4.69) is 10.4 Å². The van der Waals surface area contributed by atoms with Crippen molar-refractivity contribution in [1.29, 1.82) is 5.26 Å². The maximum atomic E-state index is 11.2. The molecular formula is C8H10N4O. The zero-order chi connectivity index (χ0) is 9.68. The van der Waals surface area contributed by atoms with E-state index in [0.29, 0.717) is 0 Å². The van der Waals surface area contributed by atoms with Crippen molar-refractivity contribution in [1.82, 2.24) is 15.1 Å². The highest BCUT2D eigenvalue weighted by Gasteiger charge is 2.05. The predicted molar refractivity (Wildman–Crippen MR) is 45.4 cm³/mol. The number of hydrogen-bond acceptors (Lipinski definition) is 3. The number of nitrogens with zero attached hydrogens (tertiary/aromatic N) is 3. The van der Waals surface area contributed by atoms with Crippen LogP contribution < -0.4 is 5.32 Å². The Balaban J connectivity index is 2.39. The van der Waals surface area contributed by atoms with Gasteiger partial charge in [-0.1, -0.05) is 0 Å². The van der Waals surface area contributed by atoms with Gasteiger partial charge in [0, 0.05) is 12.4 Å². The molecule has 1 atom stereocenters. The van der Waals surface area contributed by atoms with Crippen LogP contribution in [0.2, 0.25) is 0 Å². The van der Waals surface area contributed by atoms with E-state index in [1.165, 1.54) is 4.68 Å². The molecule has 0 bridgehead atoms. The largest absolute Gasteiger partial charge is 0.339 e. The van der Waals surface area contributed by atoms with Gasteiger partial charge in [-0.2, -0.15) is 10.4 Å². The Hall–Kier alpha value is -1.83. The van der Waals surface area contributed by atoms with Gasteiger partial charge >= 0.3 is 0 Å². The second-order valence-electron chi connectivity index (χ2n) is 2.62. The Morgan fingerprint density at radius 2 is 2.62 bits per heavy atom. The summed E-state index contributed by atoms with van der Waals surface area (Å²) in [6.07, 6.45) is 3.29. The fourth-order valence-corrected chi connectivity index (χ4v) is 0.861. The molecule has 1 unspecified atom stereocenters. The first-order valence-corrected chi connectivity index (χ1v) is 3.89. The van der Waals surface area contributed by atoms with Crippen molar-refractivity contribution in [3.63, 3.8) is 0 Å². The van der Waals surface area contributed by atoms with Crippen LogP contribution in [0.15, 0.2) is 18.5 Å². The molecule has 0 radical (unpaired) electrons. The topological polar surface area (TPSA) is 70.7 Å². The molecule has 5 nitrogen and oxygen atoms in total. The maximum Gasteiger partial charge on any atom is 0.242 e. The average Bonchev–Trinajstić information content (AvgIpc) is 2.56. The van der Waals surface area contributed by atoms with E-state index >= 15 is 0 Å². The summed E-state index contributed by atoms with van der Waals surface area (Å²) < 4.78 is 1.50. The number of carbonyl (C=O) groups excluding carboxylic acids is 1. The van der Waals surface area contributed by atoms with E-state index in [1.807, 2.05) is 6.07 Å². The van der Waals surface area contributed by atoms with Crippen molar-refractivity contribution < 1.29 is 4.79 Å². The lowest BCUT2D eigenvalue weighted by molar-refractivity contribution is -0.122. The molecule has 1 aromatic heterocycles. The summed E-state index contributed by atoms with van der Waals surface area (Å²) in [4.78, 5) is 11.2. The van der Waals surface area contributed by atoms with Gasteiger partial charge in [0.15, 0.2) is 0 Å². The van der Waals surface area contributed by atoms with Crippen LogP contribution in [-0.4, -0.2) is 21.7 Å². The van der Waals surface area contributed by atoms with Crippen LogP contribution in [-0.2, 0) is 11.3 Å². The Morgan fingerprint density at radius 1 is 1.85 bits per heavy atom. The first-order chi connectivity index (χ1) is 6.22. The highest BCUT2D eigenvalue weighted by atomic mass is 16.2. The second kappa shape index (κ2) is 4.26. The fraction of sp³-hybridized carbons (Fsp3) is 0.375. The lowest BCUT2D eigenvalue weighted by atomic mass is 10.4. The zero-order valence-corrected chi connectivity index (χ0v) is 7.27. The third-order valence-corrected chi connectivity index (χ3v) is 1.44. The van der Waals surface area contributed by atoms with Crippen LogP contribution in [0.5, 0.6) is 0 Å². The Bertz CT molecular complexity index is 311. The first-order valence-electron chi connectivity index (χ1n) is 3.89. The van der Waals surface area contributed by atoms with E-state index in [1.54, 1.807) is 25.4 Å². The standard InChI is InChI=1S/C8H10N4O/c1-7(5-9)11-8(13)6-12-4-2-3-10-12/h2-4,7H,6H2,1H3,(H,11,13). The van der Waals surface area contributed by atoms with Gasteiger partial charge in [0.2, 0.25) is 5.91 Å². The molecule has 1 heterocycles. The highest BCUT2D eigenvalue weighted by Crippen LogP contribution is 1.85. The van der Waals surface area contributed by atoms with Gasteiger partial charge in [0.25, 0.3) is 0 Å². The zero-order valence-electron chi connectivity index (χ0n) is 7.27. The van der Waals surface area contributed by atoms with Crippen LogP contribution in [0.1, 0.15) is 6.92 Å². The van der Waals surface area contributed by atoms with Crippen molar-refractivity contribution in [3.8, 4) is 6.07 Å². The molecule has 0 spiro atoms. The van der Waals surface area contributed by atoms with Crippen molar-refractivity contribution in [2.45, 2.75) is 19.5 Å². The van der Waals surface area contributed by atoms with E-state index in [9.17, 15) is 4.79 Å². The lowest BCUT2D eigenvalue weighted by Gasteiger charge is -2.05. The second-order valence-corrected chi connectivity index (χ2v) is 2.62. The molecule has 5 heteroatoms. The number of nitrogens with one attached hydrogen (secondary N) is 1. The fourth-order valence-electron chi connectivity index (χ4n) is 0.861. The quantitative estimate of drug-likeness (QED) is 0.703. The SMILES string of the molecule is CC(C#N)NC(=O)Cn1cccn1. The summed E-state index contributed by atoms with van der Waals surface area (Å²) in [5.74, 6) is -0.210. The van der Waals surface area contributed by atoms with Crippen molar-refractivity contribution in [3.05, 3.63) is 18.5 Å². The van der Waals surface area contributed by atoms with Crippen LogP contribution in [0.4, 0.5) is 0 Å². The molecule has 1 aromatic rings. The molecule has 0 aliphatic rings. The summed E-state index contributed by atoms with van der Waals surface area (Å²) in [7, 11) is 0. The molecule has 13 heavy (non-hydrogen) atoms. The van der Waals surface area contributed by atoms with Gasteiger partial charge in [-0.3, -0.25) is 9.48 Å². The number of nitriles is 1. The molecule has 1 amide bonds. The number of carbonyl (C=O) groups is 1. The number of rotatable bonds is 3. The van der Waals surface area contributed by atoms with E-state index in [4.69, 9.17) is 5.26 Å². The molecule has 0 saturated heterocycles. The van der Waals surface area contributed by atoms with Gasteiger partial charge in [0.1, 0.15) is 12.6 Å². The van der Waals surface area contributed by atoms with Gasteiger partial charge < -0.3 is 5.32 Å². The van der Waals surface area contributed by atoms with Crippen molar-refractivity contribution in [2.75, 3.05) is 0 Å². The van der Waals surface area contributed by atoms with Gasteiger partial charge in [0.05, 0.1) is 6.07 Å². The molecule has 68 valence electrons. The van der Waals surface area contributed by atoms with Gasteiger partial charge in [-0.15, -0.1) is 0 Å². The minimum atomic E-state index is -0.455. The van der Waals surface area contributed by atoms with Crippen molar-refractivity contribution >= 4 is 5.91 Å². The molecule has 0 aliphatic carbocycles. The molecule has 0 saturated carbocycles. The number of amides is 1. The molecule has 0 fully saturated rings. The molecule has 0 aromatic carbocycles. The molecular weight excluding hydrogens is 168 g/mol. The molecule has 0 aliphatic heterocycles. The number of hydrogen-bond donors (Lipinski definition) is 1. The first kappa shape index (κ1) is 9.26. The Morgan fingerprint density at radius 3 is 3.15 bits per heavy atom. The third-order valence-electron chi connectivity index (χ3n) is 1.44. The average molecular weight is 178 g/mol.